The lowest BCUT2D eigenvalue weighted by Gasteiger charge is -2.14. The van der Waals surface area contributed by atoms with E-state index in [0.29, 0.717) is 16.5 Å². The molecule has 0 aliphatic carbocycles. The zero-order chi connectivity index (χ0) is 17.0. The molecule has 23 heavy (non-hydrogen) atoms. The Morgan fingerprint density at radius 3 is 2.48 bits per heavy atom. The highest BCUT2D eigenvalue weighted by molar-refractivity contribution is 9.10. The third kappa shape index (κ3) is 4.40. The summed E-state index contributed by atoms with van der Waals surface area (Å²) in [6.07, 6.45) is 0. The zero-order valence-corrected chi connectivity index (χ0v) is 14.8. The number of halogens is 1. The molecule has 8 heteroatoms. The molecule has 0 saturated carbocycles. The minimum Gasteiger partial charge on any atom is -0.494 e. The van der Waals surface area contributed by atoms with E-state index < -0.39 is 4.92 Å². The second-order valence-electron chi connectivity index (χ2n) is 4.68. The Balaban J connectivity index is 2.15. The first-order chi connectivity index (χ1) is 10.9. The minimum absolute atomic E-state index is 0.0463. The smallest absolute Gasteiger partial charge is 0.273 e. The second-order valence-corrected chi connectivity index (χ2v) is 6.00. The number of nitro groups is 1. The monoisotopic (exact) mass is 395 g/mol. The largest absolute Gasteiger partial charge is 0.494 e. The van der Waals surface area contributed by atoms with E-state index in [1.807, 2.05) is 25.1 Å². The Hall–Kier alpha value is -2.19. The lowest BCUT2D eigenvalue weighted by Crippen LogP contribution is -2.20. The predicted octanol–water partition coefficient (Wildman–Crippen LogP) is 4.48. The number of non-ortho nitro benzene ring substituents is 1. The van der Waals surface area contributed by atoms with Gasteiger partial charge >= 0.3 is 0 Å². The van der Waals surface area contributed by atoms with Crippen LogP contribution in [0.25, 0.3) is 0 Å². The van der Waals surface area contributed by atoms with E-state index in [1.165, 1.54) is 19.2 Å². The van der Waals surface area contributed by atoms with Crippen LogP contribution in [-0.2, 0) is 0 Å². The number of thiocarbonyl (C=S) groups is 1. The number of anilines is 2. The SMILES string of the molecule is COc1cc([N+](=O)[O-])ccc1NC(=S)Nc1ccc(Br)cc1C. The van der Waals surface area contributed by atoms with Crippen LogP contribution in [0.4, 0.5) is 17.1 Å². The summed E-state index contributed by atoms with van der Waals surface area (Å²) in [5, 5.41) is 17.2. The molecular weight excluding hydrogens is 382 g/mol. The summed E-state index contributed by atoms with van der Waals surface area (Å²) in [6.45, 7) is 1.96. The molecule has 0 radical (unpaired) electrons. The number of benzene rings is 2. The molecule has 2 aromatic rings. The molecule has 0 aliphatic rings. The first-order valence-corrected chi connectivity index (χ1v) is 7.77. The van der Waals surface area contributed by atoms with Gasteiger partial charge in [-0.05, 0) is 49.0 Å². The Kier molecular flexibility index (Phi) is 5.51. The van der Waals surface area contributed by atoms with Crippen LogP contribution < -0.4 is 15.4 Å². The molecule has 6 nitrogen and oxygen atoms in total. The van der Waals surface area contributed by atoms with E-state index in [1.54, 1.807) is 6.07 Å². The molecule has 0 bridgehead atoms. The van der Waals surface area contributed by atoms with Crippen LogP contribution in [0.3, 0.4) is 0 Å². The van der Waals surface area contributed by atoms with E-state index in [9.17, 15) is 10.1 Å². The van der Waals surface area contributed by atoms with Crippen molar-refractivity contribution in [2.75, 3.05) is 17.7 Å². The third-order valence-corrected chi connectivity index (χ3v) is 3.78. The number of nitrogens with one attached hydrogen (secondary N) is 2. The summed E-state index contributed by atoms with van der Waals surface area (Å²) in [5.74, 6) is 0.343. The Bertz CT molecular complexity index is 768. The Labute approximate surface area is 147 Å². The van der Waals surface area contributed by atoms with Crippen LogP contribution in [-0.4, -0.2) is 17.1 Å². The third-order valence-electron chi connectivity index (χ3n) is 3.08. The van der Waals surface area contributed by atoms with Gasteiger partial charge < -0.3 is 15.4 Å². The Morgan fingerprint density at radius 2 is 1.87 bits per heavy atom. The van der Waals surface area contributed by atoms with Crippen LogP contribution in [0.5, 0.6) is 5.75 Å². The fourth-order valence-electron chi connectivity index (χ4n) is 1.94. The molecular formula is C15H14BrN3O3S. The van der Waals surface area contributed by atoms with Gasteiger partial charge in [0.15, 0.2) is 5.11 Å². The van der Waals surface area contributed by atoms with Crippen molar-refractivity contribution in [1.29, 1.82) is 0 Å². The van der Waals surface area contributed by atoms with Gasteiger partial charge in [-0.25, -0.2) is 0 Å². The number of aryl methyl sites for hydroxylation is 1. The molecule has 0 fully saturated rings. The molecule has 2 N–H and O–H groups in total. The lowest BCUT2D eigenvalue weighted by molar-refractivity contribution is -0.384. The van der Waals surface area contributed by atoms with Gasteiger partial charge in [-0.2, -0.15) is 0 Å². The zero-order valence-electron chi connectivity index (χ0n) is 12.4. The molecule has 0 amide bonds. The van der Waals surface area contributed by atoms with Crippen LogP contribution in [0, 0.1) is 17.0 Å². The van der Waals surface area contributed by atoms with Crippen molar-refractivity contribution in [3.05, 3.63) is 56.5 Å². The molecule has 0 saturated heterocycles. The fourth-order valence-corrected chi connectivity index (χ4v) is 2.64. The molecule has 120 valence electrons. The molecule has 2 rings (SSSR count). The highest BCUT2D eigenvalue weighted by atomic mass is 79.9. The quantitative estimate of drug-likeness (QED) is 0.451. The van der Waals surface area contributed by atoms with Crippen LogP contribution in [0.1, 0.15) is 5.56 Å². The van der Waals surface area contributed by atoms with Crippen molar-refractivity contribution in [2.45, 2.75) is 6.92 Å². The van der Waals surface area contributed by atoms with Crippen LogP contribution >= 0.6 is 28.1 Å². The Morgan fingerprint density at radius 1 is 1.22 bits per heavy atom. The molecule has 0 unspecified atom stereocenters. The first kappa shape index (κ1) is 17.2. The van der Waals surface area contributed by atoms with Gasteiger partial charge in [0.25, 0.3) is 5.69 Å². The second kappa shape index (κ2) is 7.38. The average Bonchev–Trinajstić information content (AvgIpc) is 2.50. The number of nitrogens with zero attached hydrogens (tertiary/aromatic N) is 1. The predicted molar refractivity (Wildman–Crippen MR) is 98.4 cm³/mol. The highest BCUT2D eigenvalue weighted by Gasteiger charge is 2.12. The van der Waals surface area contributed by atoms with E-state index in [0.717, 1.165) is 15.7 Å². The molecule has 0 spiro atoms. The average molecular weight is 396 g/mol. The number of hydrogen-bond donors (Lipinski definition) is 2. The van der Waals surface area contributed by atoms with Gasteiger partial charge in [0.2, 0.25) is 0 Å². The first-order valence-electron chi connectivity index (χ1n) is 6.57. The maximum absolute atomic E-state index is 10.8. The van der Waals surface area contributed by atoms with Crippen molar-refractivity contribution in [1.82, 2.24) is 0 Å². The van der Waals surface area contributed by atoms with Crippen molar-refractivity contribution < 1.29 is 9.66 Å². The van der Waals surface area contributed by atoms with Crippen LogP contribution in [0.15, 0.2) is 40.9 Å². The standard InChI is InChI=1S/C15H14BrN3O3S/c1-9-7-10(16)3-5-12(9)17-15(23)18-13-6-4-11(19(20)21)8-14(13)22-2/h3-8H,1-2H3,(H2,17,18,23). The highest BCUT2D eigenvalue weighted by Crippen LogP contribution is 2.29. The normalized spacial score (nSPS) is 10.0. The minimum atomic E-state index is -0.478. The molecule has 0 aliphatic heterocycles. The molecule has 0 atom stereocenters. The van der Waals surface area contributed by atoms with Gasteiger partial charge in [0.05, 0.1) is 23.8 Å². The summed E-state index contributed by atoms with van der Waals surface area (Å²) in [7, 11) is 1.44. The molecule has 2 aromatic carbocycles. The summed E-state index contributed by atoms with van der Waals surface area (Å²) in [5.41, 5.74) is 2.39. The summed E-state index contributed by atoms with van der Waals surface area (Å²) >= 11 is 8.68. The van der Waals surface area contributed by atoms with Gasteiger partial charge in [-0.3, -0.25) is 10.1 Å². The van der Waals surface area contributed by atoms with Crippen LogP contribution in [0.2, 0.25) is 0 Å². The summed E-state index contributed by atoms with van der Waals surface area (Å²) in [4.78, 5) is 10.3. The maximum Gasteiger partial charge on any atom is 0.273 e. The van der Waals surface area contributed by atoms with Gasteiger partial charge in [0.1, 0.15) is 5.75 Å². The van der Waals surface area contributed by atoms with E-state index in [4.69, 9.17) is 17.0 Å². The van der Waals surface area contributed by atoms with Crippen molar-refractivity contribution >= 4 is 50.3 Å². The van der Waals surface area contributed by atoms with Gasteiger partial charge in [-0.1, -0.05) is 15.9 Å². The van der Waals surface area contributed by atoms with Gasteiger partial charge in [0, 0.05) is 16.2 Å². The van der Waals surface area contributed by atoms with E-state index >= 15 is 0 Å². The van der Waals surface area contributed by atoms with E-state index in [2.05, 4.69) is 26.6 Å². The summed E-state index contributed by atoms with van der Waals surface area (Å²) in [6, 6.07) is 10.1. The van der Waals surface area contributed by atoms with Crippen molar-refractivity contribution in [2.24, 2.45) is 0 Å². The number of nitro benzene ring substituents is 1. The number of hydrogen-bond acceptors (Lipinski definition) is 4. The summed E-state index contributed by atoms with van der Waals surface area (Å²) < 4.78 is 6.15. The number of methoxy groups -OCH3 is 1. The number of ether oxygens (including phenoxy) is 1. The molecule has 0 heterocycles. The topological polar surface area (TPSA) is 76.4 Å². The molecule has 0 aromatic heterocycles. The van der Waals surface area contributed by atoms with E-state index in [-0.39, 0.29) is 5.69 Å². The van der Waals surface area contributed by atoms with Crippen molar-refractivity contribution in [3.8, 4) is 5.75 Å². The fraction of sp³-hybridized carbons (Fsp3) is 0.133. The van der Waals surface area contributed by atoms with Crippen molar-refractivity contribution in [3.63, 3.8) is 0 Å². The lowest BCUT2D eigenvalue weighted by atomic mass is 10.2. The van der Waals surface area contributed by atoms with Gasteiger partial charge in [-0.15, -0.1) is 0 Å². The number of rotatable bonds is 4. The maximum atomic E-state index is 10.8.